The molecule has 25 heavy (non-hydrogen) atoms. The molecule has 6 nitrogen and oxygen atoms in total. The number of likely N-dealkylation sites (tertiary alicyclic amines) is 1. The highest BCUT2D eigenvalue weighted by molar-refractivity contribution is 5.16. The maximum Gasteiger partial charge on any atom is 0.343 e. The van der Waals surface area contributed by atoms with Crippen LogP contribution in [0.15, 0.2) is 35.1 Å². The topological polar surface area (TPSA) is 63.1 Å². The van der Waals surface area contributed by atoms with Gasteiger partial charge in [-0.3, -0.25) is 4.57 Å². The second-order valence-electron chi connectivity index (χ2n) is 7.11. The Bertz CT molecular complexity index is 725. The third-order valence-corrected chi connectivity index (χ3v) is 5.57. The summed E-state index contributed by atoms with van der Waals surface area (Å²) in [7, 11) is 0. The van der Waals surface area contributed by atoms with E-state index in [-0.39, 0.29) is 5.69 Å². The van der Waals surface area contributed by atoms with E-state index in [9.17, 15) is 4.79 Å². The average molecular weight is 342 g/mol. The van der Waals surface area contributed by atoms with Crippen molar-refractivity contribution in [1.82, 2.24) is 19.7 Å². The lowest BCUT2D eigenvalue weighted by atomic mass is 9.93. The van der Waals surface area contributed by atoms with Crippen LogP contribution < -0.4 is 5.69 Å². The SMILES string of the molecule is O=c1[nH]nc(C2CCN(C3CCOCC3)CC2)n1Cc1ccccc1. The molecule has 0 saturated carbocycles. The van der Waals surface area contributed by atoms with E-state index in [1.165, 1.54) is 0 Å². The van der Waals surface area contributed by atoms with Crippen LogP contribution >= 0.6 is 0 Å². The van der Waals surface area contributed by atoms with Gasteiger partial charge in [0.15, 0.2) is 0 Å². The van der Waals surface area contributed by atoms with Gasteiger partial charge in [0.05, 0.1) is 6.54 Å². The van der Waals surface area contributed by atoms with Crippen molar-refractivity contribution in [2.75, 3.05) is 26.3 Å². The molecular formula is C19H26N4O2. The van der Waals surface area contributed by atoms with E-state index in [0.29, 0.717) is 18.5 Å². The zero-order valence-corrected chi connectivity index (χ0v) is 14.6. The number of nitrogens with zero attached hydrogens (tertiary/aromatic N) is 3. The minimum Gasteiger partial charge on any atom is -0.381 e. The molecule has 0 spiro atoms. The van der Waals surface area contributed by atoms with E-state index in [2.05, 4.69) is 27.2 Å². The zero-order chi connectivity index (χ0) is 17.1. The molecule has 2 saturated heterocycles. The van der Waals surface area contributed by atoms with E-state index < -0.39 is 0 Å². The Kier molecular flexibility index (Phi) is 4.99. The van der Waals surface area contributed by atoms with Crippen LogP contribution in [0.1, 0.15) is 43.0 Å². The minimum atomic E-state index is -0.106. The minimum absolute atomic E-state index is 0.106. The van der Waals surface area contributed by atoms with Gasteiger partial charge in [0.25, 0.3) is 0 Å². The number of nitrogens with one attached hydrogen (secondary N) is 1. The molecule has 2 aliphatic heterocycles. The van der Waals surface area contributed by atoms with Crippen LogP contribution in [0.3, 0.4) is 0 Å². The molecule has 134 valence electrons. The highest BCUT2D eigenvalue weighted by Gasteiger charge is 2.29. The summed E-state index contributed by atoms with van der Waals surface area (Å²) in [6, 6.07) is 10.8. The van der Waals surface area contributed by atoms with Gasteiger partial charge in [0.1, 0.15) is 5.82 Å². The predicted molar refractivity (Wildman–Crippen MR) is 95.8 cm³/mol. The van der Waals surface area contributed by atoms with Gasteiger partial charge in [-0.2, -0.15) is 5.10 Å². The van der Waals surface area contributed by atoms with Gasteiger partial charge in [0, 0.05) is 25.2 Å². The van der Waals surface area contributed by atoms with Gasteiger partial charge in [-0.15, -0.1) is 0 Å². The van der Waals surface area contributed by atoms with Crippen LogP contribution in [0.2, 0.25) is 0 Å². The lowest BCUT2D eigenvalue weighted by Gasteiger charge is -2.39. The Labute approximate surface area is 147 Å². The second kappa shape index (κ2) is 7.54. The van der Waals surface area contributed by atoms with Crippen LogP contribution in [-0.2, 0) is 11.3 Å². The largest absolute Gasteiger partial charge is 0.381 e. The molecule has 1 aromatic carbocycles. The fraction of sp³-hybridized carbons (Fsp3) is 0.579. The van der Waals surface area contributed by atoms with Crippen molar-refractivity contribution in [1.29, 1.82) is 0 Å². The number of aromatic amines is 1. The summed E-state index contributed by atoms with van der Waals surface area (Å²) in [4.78, 5) is 14.8. The Hall–Kier alpha value is -1.92. The Balaban J connectivity index is 1.44. The van der Waals surface area contributed by atoms with E-state index in [1.54, 1.807) is 0 Å². The number of piperidine rings is 1. The molecule has 0 radical (unpaired) electrons. The van der Waals surface area contributed by atoms with Crippen molar-refractivity contribution in [2.24, 2.45) is 0 Å². The summed E-state index contributed by atoms with van der Waals surface area (Å²) in [5.41, 5.74) is 1.03. The molecule has 0 bridgehead atoms. The lowest BCUT2D eigenvalue weighted by Crippen LogP contribution is -2.44. The summed E-state index contributed by atoms with van der Waals surface area (Å²) < 4.78 is 7.29. The van der Waals surface area contributed by atoms with Gasteiger partial charge in [-0.25, -0.2) is 9.89 Å². The smallest absolute Gasteiger partial charge is 0.343 e. The van der Waals surface area contributed by atoms with Crippen LogP contribution in [0.25, 0.3) is 0 Å². The maximum absolute atomic E-state index is 12.2. The van der Waals surface area contributed by atoms with Crippen molar-refractivity contribution >= 4 is 0 Å². The first-order valence-corrected chi connectivity index (χ1v) is 9.32. The molecule has 1 N–H and O–H groups in total. The van der Waals surface area contributed by atoms with Crippen molar-refractivity contribution < 1.29 is 4.74 Å². The molecule has 0 amide bonds. The lowest BCUT2D eigenvalue weighted by molar-refractivity contribution is 0.0247. The molecule has 2 fully saturated rings. The van der Waals surface area contributed by atoms with Crippen molar-refractivity contribution in [3.8, 4) is 0 Å². The van der Waals surface area contributed by atoms with E-state index in [0.717, 1.165) is 63.4 Å². The number of H-pyrrole nitrogens is 1. The first-order chi connectivity index (χ1) is 12.3. The number of benzene rings is 1. The fourth-order valence-electron chi connectivity index (χ4n) is 4.13. The summed E-state index contributed by atoms with van der Waals surface area (Å²) >= 11 is 0. The van der Waals surface area contributed by atoms with Crippen LogP contribution in [0, 0.1) is 0 Å². The Morgan fingerprint density at radius 3 is 2.52 bits per heavy atom. The Morgan fingerprint density at radius 2 is 1.80 bits per heavy atom. The van der Waals surface area contributed by atoms with Crippen LogP contribution in [-0.4, -0.2) is 52.0 Å². The molecule has 6 heteroatoms. The summed E-state index contributed by atoms with van der Waals surface area (Å²) in [5, 5.41) is 7.02. The zero-order valence-electron chi connectivity index (χ0n) is 14.6. The van der Waals surface area contributed by atoms with Crippen molar-refractivity contribution in [2.45, 2.75) is 44.2 Å². The third-order valence-electron chi connectivity index (χ3n) is 5.57. The van der Waals surface area contributed by atoms with E-state index >= 15 is 0 Å². The Morgan fingerprint density at radius 1 is 1.08 bits per heavy atom. The molecule has 1 aromatic heterocycles. The molecule has 2 aliphatic rings. The summed E-state index contributed by atoms with van der Waals surface area (Å²) in [6.07, 6.45) is 4.42. The van der Waals surface area contributed by atoms with Gasteiger partial charge < -0.3 is 9.64 Å². The fourth-order valence-corrected chi connectivity index (χ4v) is 4.13. The number of hydrogen-bond donors (Lipinski definition) is 1. The number of hydrogen-bond acceptors (Lipinski definition) is 4. The predicted octanol–water partition coefficient (Wildman–Crippen LogP) is 1.98. The molecule has 3 heterocycles. The third kappa shape index (κ3) is 3.70. The maximum atomic E-state index is 12.2. The highest BCUT2D eigenvalue weighted by atomic mass is 16.5. The molecule has 0 aliphatic carbocycles. The van der Waals surface area contributed by atoms with E-state index in [4.69, 9.17) is 4.74 Å². The standard InChI is InChI=1S/C19H26N4O2/c24-19-21-20-18(23(19)14-15-4-2-1-3-5-15)16-6-10-22(11-7-16)17-8-12-25-13-9-17/h1-5,16-17H,6-14H2,(H,21,24). The first kappa shape index (κ1) is 16.5. The molecular weight excluding hydrogens is 316 g/mol. The number of rotatable bonds is 4. The van der Waals surface area contributed by atoms with Crippen molar-refractivity contribution in [3.05, 3.63) is 52.2 Å². The van der Waals surface area contributed by atoms with Gasteiger partial charge in [0.2, 0.25) is 0 Å². The monoisotopic (exact) mass is 342 g/mol. The average Bonchev–Trinajstić information content (AvgIpc) is 3.04. The van der Waals surface area contributed by atoms with Crippen molar-refractivity contribution in [3.63, 3.8) is 0 Å². The summed E-state index contributed by atoms with van der Waals surface area (Å²) in [5.74, 6) is 1.28. The summed E-state index contributed by atoms with van der Waals surface area (Å²) in [6.45, 7) is 4.54. The first-order valence-electron chi connectivity index (χ1n) is 9.32. The number of ether oxygens (including phenoxy) is 1. The molecule has 4 rings (SSSR count). The number of aromatic nitrogens is 3. The molecule has 0 atom stereocenters. The van der Waals surface area contributed by atoms with E-state index in [1.807, 2.05) is 22.8 Å². The highest BCUT2D eigenvalue weighted by Crippen LogP contribution is 2.29. The van der Waals surface area contributed by atoms with Gasteiger partial charge in [-0.1, -0.05) is 30.3 Å². The van der Waals surface area contributed by atoms with Gasteiger partial charge in [-0.05, 0) is 44.3 Å². The molecule has 2 aromatic rings. The normalized spacial score (nSPS) is 20.8. The molecule has 0 unspecified atom stereocenters. The second-order valence-corrected chi connectivity index (χ2v) is 7.11. The van der Waals surface area contributed by atoms with Crippen LogP contribution in [0.4, 0.5) is 0 Å². The van der Waals surface area contributed by atoms with Gasteiger partial charge >= 0.3 is 5.69 Å². The van der Waals surface area contributed by atoms with Crippen LogP contribution in [0.5, 0.6) is 0 Å². The quantitative estimate of drug-likeness (QED) is 0.923.